The van der Waals surface area contributed by atoms with Gasteiger partial charge in [0.25, 0.3) is 5.91 Å². The van der Waals surface area contributed by atoms with Crippen molar-refractivity contribution in [3.05, 3.63) is 35.4 Å². The van der Waals surface area contributed by atoms with E-state index in [-0.39, 0.29) is 17.5 Å². The first-order valence-corrected chi connectivity index (χ1v) is 6.80. The average molecular weight is 353 g/mol. The van der Waals surface area contributed by atoms with Crippen LogP contribution in [0.5, 0.6) is 0 Å². The Morgan fingerprint density at radius 3 is 2.47 bits per heavy atom. The number of halogens is 3. The van der Waals surface area contributed by atoms with Crippen molar-refractivity contribution in [1.82, 2.24) is 5.32 Å². The van der Waals surface area contributed by atoms with E-state index in [0.717, 1.165) is 16.6 Å². The molecule has 0 aliphatic carbocycles. The first-order valence-electron chi connectivity index (χ1n) is 5.27. The van der Waals surface area contributed by atoms with Crippen LogP contribution in [0.4, 0.5) is 8.78 Å². The second-order valence-corrected chi connectivity index (χ2v) is 4.99. The van der Waals surface area contributed by atoms with Gasteiger partial charge in [-0.15, -0.1) is 0 Å². The summed E-state index contributed by atoms with van der Waals surface area (Å²) in [6, 6.07) is 3.17. The number of alkyl halides is 1. The van der Waals surface area contributed by atoms with Crippen molar-refractivity contribution in [1.29, 1.82) is 0 Å². The van der Waals surface area contributed by atoms with Crippen molar-refractivity contribution in [2.45, 2.75) is 19.9 Å². The van der Waals surface area contributed by atoms with Gasteiger partial charge >= 0.3 is 0 Å². The van der Waals surface area contributed by atoms with Gasteiger partial charge in [0.15, 0.2) is 11.6 Å². The van der Waals surface area contributed by atoms with Crippen LogP contribution >= 0.6 is 22.6 Å². The number of benzene rings is 1. The van der Waals surface area contributed by atoms with Crippen molar-refractivity contribution < 1.29 is 13.6 Å². The van der Waals surface area contributed by atoms with Crippen LogP contribution in [0.15, 0.2) is 18.2 Å². The molecule has 1 rings (SSSR count). The molecule has 0 heterocycles. The number of carbonyl (C=O) groups excluding carboxylic acids is 1. The van der Waals surface area contributed by atoms with E-state index in [1.54, 1.807) is 0 Å². The summed E-state index contributed by atoms with van der Waals surface area (Å²) in [6.07, 6.45) is 0. The number of amides is 1. The predicted octanol–water partition coefficient (Wildman–Crippen LogP) is 3.15. The number of rotatable bonds is 4. The second kappa shape index (κ2) is 6.28. The molecule has 1 aromatic carbocycles. The molecule has 0 saturated carbocycles. The summed E-state index contributed by atoms with van der Waals surface area (Å²) in [6.45, 7) is 3.99. The third-order valence-corrected chi connectivity index (χ3v) is 3.42. The second-order valence-electron chi connectivity index (χ2n) is 4.11. The highest BCUT2D eigenvalue weighted by atomic mass is 127. The van der Waals surface area contributed by atoms with Gasteiger partial charge in [-0.3, -0.25) is 4.79 Å². The molecule has 1 unspecified atom stereocenters. The lowest BCUT2D eigenvalue weighted by Gasteiger charge is -2.19. The summed E-state index contributed by atoms with van der Waals surface area (Å²) in [7, 11) is 0. The summed E-state index contributed by atoms with van der Waals surface area (Å²) in [5.41, 5.74) is 0.138. The Balaban J connectivity index is 2.79. The summed E-state index contributed by atoms with van der Waals surface area (Å²) in [5.74, 6) is -2.04. The lowest BCUT2D eigenvalue weighted by atomic mass is 10.1. The van der Waals surface area contributed by atoms with Crippen LogP contribution in [-0.4, -0.2) is 16.4 Å². The van der Waals surface area contributed by atoms with Crippen LogP contribution in [0.25, 0.3) is 0 Å². The third-order valence-electron chi connectivity index (χ3n) is 2.47. The molecule has 1 aromatic rings. The smallest absolute Gasteiger partial charge is 0.251 e. The van der Waals surface area contributed by atoms with Crippen molar-refractivity contribution in [3.63, 3.8) is 0 Å². The number of hydrogen-bond acceptors (Lipinski definition) is 1. The molecule has 1 N–H and O–H groups in total. The molecule has 1 amide bonds. The third kappa shape index (κ3) is 3.90. The Labute approximate surface area is 113 Å². The number of nitrogens with one attached hydrogen (secondary N) is 1. The first-order chi connectivity index (χ1) is 7.95. The van der Waals surface area contributed by atoms with Gasteiger partial charge in [0, 0.05) is 16.0 Å². The highest BCUT2D eigenvalue weighted by Gasteiger charge is 2.16. The maximum absolute atomic E-state index is 13.0. The summed E-state index contributed by atoms with van der Waals surface area (Å²) >= 11 is 2.18. The Bertz CT molecular complexity index is 409. The van der Waals surface area contributed by atoms with Crippen LogP contribution in [0.2, 0.25) is 0 Å². The van der Waals surface area contributed by atoms with Crippen LogP contribution in [0.1, 0.15) is 24.2 Å². The topological polar surface area (TPSA) is 29.1 Å². The van der Waals surface area contributed by atoms with Crippen LogP contribution < -0.4 is 5.32 Å². The van der Waals surface area contributed by atoms with Gasteiger partial charge in [-0.25, -0.2) is 8.78 Å². The number of hydrogen-bond donors (Lipinski definition) is 1. The Hall–Kier alpha value is -0.720. The van der Waals surface area contributed by atoms with Crippen LogP contribution in [-0.2, 0) is 0 Å². The summed E-state index contributed by atoms with van der Waals surface area (Å²) < 4.78 is 26.4. The van der Waals surface area contributed by atoms with Crippen LogP contribution in [0, 0.1) is 17.6 Å². The van der Waals surface area contributed by atoms with Crippen molar-refractivity contribution in [2.75, 3.05) is 4.43 Å². The highest BCUT2D eigenvalue weighted by molar-refractivity contribution is 14.1. The number of carbonyl (C=O) groups is 1. The first kappa shape index (κ1) is 14.3. The Morgan fingerprint density at radius 1 is 1.35 bits per heavy atom. The molecule has 0 fully saturated rings. The van der Waals surface area contributed by atoms with E-state index in [1.165, 1.54) is 6.07 Å². The van der Waals surface area contributed by atoms with Gasteiger partial charge in [0.1, 0.15) is 0 Å². The van der Waals surface area contributed by atoms with E-state index in [1.807, 2.05) is 13.8 Å². The van der Waals surface area contributed by atoms with E-state index in [9.17, 15) is 13.6 Å². The molecule has 17 heavy (non-hydrogen) atoms. The minimum absolute atomic E-state index is 0.0243. The predicted molar refractivity (Wildman–Crippen MR) is 71.3 cm³/mol. The quantitative estimate of drug-likeness (QED) is 0.654. The minimum Gasteiger partial charge on any atom is -0.348 e. The molecule has 2 nitrogen and oxygen atoms in total. The van der Waals surface area contributed by atoms with E-state index < -0.39 is 11.6 Å². The SMILES string of the molecule is CC(C)C(CI)NC(=O)c1ccc(F)c(F)c1. The normalized spacial score (nSPS) is 12.6. The molecular formula is C12H14F2INO. The molecule has 0 spiro atoms. The van der Waals surface area contributed by atoms with E-state index in [0.29, 0.717) is 5.92 Å². The average Bonchev–Trinajstić information content (AvgIpc) is 2.28. The highest BCUT2D eigenvalue weighted by Crippen LogP contribution is 2.11. The van der Waals surface area contributed by atoms with Crippen molar-refractivity contribution >= 4 is 28.5 Å². The van der Waals surface area contributed by atoms with Gasteiger partial charge < -0.3 is 5.32 Å². The van der Waals surface area contributed by atoms with Gasteiger partial charge in [0.05, 0.1) is 0 Å². The largest absolute Gasteiger partial charge is 0.348 e. The lowest BCUT2D eigenvalue weighted by Crippen LogP contribution is -2.39. The van der Waals surface area contributed by atoms with Gasteiger partial charge in [0.2, 0.25) is 0 Å². The minimum atomic E-state index is -1.01. The fraction of sp³-hybridized carbons (Fsp3) is 0.417. The standard InChI is InChI=1S/C12H14F2INO/c1-7(2)11(6-15)16-12(17)8-3-4-9(13)10(14)5-8/h3-5,7,11H,6H2,1-2H3,(H,16,17). The summed E-state index contributed by atoms with van der Waals surface area (Å²) in [4.78, 5) is 11.8. The molecule has 0 radical (unpaired) electrons. The molecule has 94 valence electrons. The van der Waals surface area contributed by atoms with E-state index in [2.05, 4.69) is 27.9 Å². The van der Waals surface area contributed by atoms with E-state index >= 15 is 0 Å². The maximum Gasteiger partial charge on any atom is 0.251 e. The molecule has 0 aliphatic heterocycles. The summed E-state index contributed by atoms with van der Waals surface area (Å²) in [5, 5.41) is 2.79. The lowest BCUT2D eigenvalue weighted by molar-refractivity contribution is 0.0931. The van der Waals surface area contributed by atoms with Crippen molar-refractivity contribution in [3.8, 4) is 0 Å². The van der Waals surface area contributed by atoms with Gasteiger partial charge in [-0.1, -0.05) is 36.4 Å². The van der Waals surface area contributed by atoms with E-state index in [4.69, 9.17) is 0 Å². The Morgan fingerprint density at radius 2 is 2.00 bits per heavy atom. The fourth-order valence-corrected chi connectivity index (χ4v) is 2.51. The molecular weight excluding hydrogens is 339 g/mol. The molecule has 0 saturated heterocycles. The zero-order chi connectivity index (χ0) is 13.0. The Kier molecular flexibility index (Phi) is 5.30. The molecule has 0 aliphatic rings. The fourth-order valence-electron chi connectivity index (χ4n) is 1.27. The zero-order valence-corrected chi connectivity index (χ0v) is 11.8. The van der Waals surface area contributed by atoms with Crippen LogP contribution in [0.3, 0.4) is 0 Å². The maximum atomic E-state index is 13.0. The molecule has 5 heteroatoms. The zero-order valence-electron chi connectivity index (χ0n) is 9.64. The van der Waals surface area contributed by atoms with Crippen molar-refractivity contribution in [2.24, 2.45) is 5.92 Å². The molecule has 0 bridgehead atoms. The monoisotopic (exact) mass is 353 g/mol. The van der Waals surface area contributed by atoms with Gasteiger partial charge in [-0.05, 0) is 24.1 Å². The van der Waals surface area contributed by atoms with Gasteiger partial charge in [-0.2, -0.15) is 0 Å². The molecule has 1 atom stereocenters. The molecule has 0 aromatic heterocycles.